The number of carbonyl (C=O) groups excluding carboxylic acids is 4. The predicted octanol–water partition coefficient (Wildman–Crippen LogP) is 3.85. The zero-order valence-corrected chi connectivity index (χ0v) is 47.6. The van der Waals surface area contributed by atoms with Gasteiger partial charge < -0.3 is 60.7 Å². The molecule has 0 saturated carbocycles. The molecule has 0 radical (unpaired) electrons. The molecular weight excluding hydrogens is 1080 g/mol. The zero-order chi connectivity index (χ0) is 60.3. The molecule has 8 rings (SSSR count). The number of hydrogen-bond donors (Lipinski definition) is 8. The van der Waals surface area contributed by atoms with Crippen LogP contribution in [-0.2, 0) is 55.7 Å². The van der Waals surface area contributed by atoms with Gasteiger partial charge in [-0.1, -0.05) is 76.2 Å². The van der Waals surface area contributed by atoms with Crippen molar-refractivity contribution in [2.75, 3.05) is 63.4 Å². The lowest BCUT2D eigenvalue weighted by Crippen LogP contribution is -2.55. The first-order valence-corrected chi connectivity index (χ1v) is 27.4. The van der Waals surface area contributed by atoms with Crippen molar-refractivity contribution in [1.29, 1.82) is 0 Å². The molecule has 0 saturated heterocycles. The number of ether oxygens (including phenoxy) is 2. The number of benzene rings is 4. The van der Waals surface area contributed by atoms with Crippen molar-refractivity contribution >= 4 is 35.0 Å². The van der Waals surface area contributed by atoms with Crippen LogP contribution in [0.3, 0.4) is 0 Å². The van der Waals surface area contributed by atoms with Crippen LogP contribution in [0.2, 0.25) is 0 Å². The minimum atomic E-state index is -1.07. The maximum Gasteiger partial charge on any atom is 0.251 e. The number of carbonyl (C=O) groups is 4. The van der Waals surface area contributed by atoms with Crippen LogP contribution in [0.1, 0.15) is 72.5 Å². The smallest absolute Gasteiger partial charge is 0.251 e. The molecular formula is C64H68F2N8O10. The zero-order valence-electron chi connectivity index (χ0n) is 47.6. The van der Waals surface area contributed by atoms with E-state index in [-0.39, 0.29) is 63.1 Å². The number of pyridine rings is 2. The highest BCUT2D eigenvalue weighted by molar-refractivity contribution is 6.03. The van der Waals surface area contributed by atoms with Crippen molar-refractivity contribution < 1.29 is 47.6 Å². The number of nitrogens with one attached hydrogen (secondary N) is 6. The fraction of sp³-hybridized carbons (Fsp3) is 0.344. The molecule has 18 nitrogen and oxygen atoms in total. The van der Waals surface area contributed by atoms with Gasteiger partial charge in [0.25, 0.3) is 11.1 Å². The van der Waals surface area contributed by atoms with Gasteiger partial charge in [-0.25, -0.2) is 8.78 Å². The fourth-order valence-electron chi connectivity index (χ4n) is 10.2. The molecule has 4 atom stereocenters. The number of anilines is 2. The van der Waals surface area contributed by atoms with Crippen molar-refractivity contribution in [1.82, 2.24) is 31.2 Å². The largest absolute Gasteiger partial charge is 0.481 e. The normalized spacial score (nSPS) is 15.0. The van der Waals surface area contributed by atoms with Gasteiger partial charge in [0.05, 0.1) is 24.6 Å². The van der Waals surface area contributed by atoms with Crippen LogP contribution in [0.25, 0.3) is 0 Å². The molecule has 84 heavy (non-hydrogen) atoms. The number of aromatic nitrogens is 2. The topological polar surface area (TPSA) is 248 Å². The highest BCUT2D eigenvalue weighted by Crippen LogP contribution is 2.41. The Balaban J connectivity index is 0.866. The monoisotopic (exact) mass is 1150 g/mol. The Hall–Kier alpha value is -8.92. The first-order chi connectivity index (χ1) is 40.2. The summed E-state index contributed by atoms with van der Waals surface area (Å²) in [5.41, 5.74) is 3.83. The summed E-state index contributed by atoms with van der Waals surface area (Å²) in [5, 5.41) is 30.9. The van der Waals surface area contributed by atoms with Crippen LogP contribution in [0, 0.1) is 35.3 Å². The van der Waals surface area contributed by atoms with Gasteiger partial charge in [0.2, 0.25) is 23.6 Å². The van der Waals surface area contributed by atoms with Crippen molar-refractivity contribution in [3.8, 4) is 35.2 Å². The SMILES string of the molecule is CN[C@H](CO)C(=O)N[C@@H](Cc1ccc(OCC#CC#CCOc2ccc(C[C@H](NC(=O)[C@@H](CO)NC)C(=O)N3CC(C)(C)c4[nH]c(=O)c(Cc5ccc(F)cc5)cc43)cc2)cc1)C(=O)N1CC(C)(C)c2[nH]c(=O)c(Cc3ccc(F)cc3)cc21. The van der Waals surface area contributed by atoms with E-state index < -0.39 is 83.5 Å². The lowest BCUT2D eigenvalue weighted by atomic mass is 9.91. The molecule has 20 heteroatoms. The summed E-state index contributed by atoms with van der Waals surface area (Å²) >= 11 is 0. The van der Waals surface area contributed by atoms with Crippen LogP contribution in [-0.4, -0.2) is 122 Å². The summed E-state index contributed by atoms with van der Waals surface area (Å²) in [6, 6.07) is 24.9. The number of halogens is 2. The maximum absolute atomic E-state index is 14.6. The van der Waals surface area contributed by atoms with Gasteiger partial charge in [0, 0.05) is 72.1 Å². The number of hydrogen-bond acceptors (Lipinski definition) is 12. The van der Waals surface area contributed by atoms with Crippen molar-refractivity contribution in [3.05, 3.63) is 186 Å². The van der Waals surface area contributed by atoms with Crippen LogP contribution in [0.4, 0.5) is 20.2 Å². The first-order valence-electron chi connectivity index (χ1n) is 27.4. The van der Waals surface area contributed by atoms with Crippen LogP contribution in [0.15, 0.2) is 119 Å². The van der Waals surface area contributed by atoms with E-state index in [9.17, 15) is 47.8 Å². The van der Waals surface area contributed by atoms with Gasteiger partial charge in [0.15, 0.2) is 0 Å². The second-order valence-corrected chi connectivity index (χ2v) is 22.0. The molecule has 2 aliphatic rings. The number of rotatable bonds is 22. The number of nitrogens with zero attached hydrogens (tertiary/aromatic N) is 2. The Kier molecular flexibility index (Phi) is 19.6. The Morgan fingerprint density at radius 2 is 0.905 bits per heavy atom. The Bertz CT molecular complexity index is 3370. The van der Waals surface area contributed by atoms with E-state index in [1.54, 1.807) is 94.7 Å². The minimum absolute atomic E-state index is 0.00907. The van der Waals surface area contributed by atoms with Crippen molar-refractivity contribution in [2.24, 2.45) is 0 Å². The number of amides is 4. The van der Waals surface area contributed by atoms with E-state index in [4.69, 9.17) is 9.47 Å². The van der Waals surface area contributed by atoms with E-state index in [1.165, 1.54) is 38.4 Å². The highest BCUT2D eigenvalue weighted by atomic mass is 19.1. The highest BCUT2D eigenvalue weighted by Gasteiger charge is 2.44. The van der Waals surface area contributed by atoms with E-state index in [2.05, 4.69) is 54.9 Å². The number of aliphatic hydroxyl groups is 2. The maximum atomic E-state index is 14.6. The summed E-state index contributed by atoms with van der Waals surface area (Å²) in [6.07, 6.45) is 0.573. The summed E-state index contributed by atoms with van der Waals surface area (Å²) in [7, 11) is 3.05. The lowest BCUT2D eigenvalue weighted by molar-refractivity contribution is -0.129. The molecule has 4 amide bonds. The van der Waals surface area contributed by atoms with Gasteiger partial charge in [-0.3, -0.25) is 28.8 Å². The second kappa shape index (κ2) is 27.0. The van der Waals surface area contributed by atoms with Crippen LogP contribution >= 0.6 is 0 Å². The number of aromatic amines is 2. The summed E-state index contributed by atoms with van der Waals surface area (Å²) in [4.78, 5) is 91.5. The minimum Gasteiger partial charge on any atom is -0.481 e. The molecule has 2 aromatic heterocycles. The van der Waals surface area contributed by atoms with Crippen LogP contribution < -0.4 is 51.7 Å². The quantitative estimate of drug-likeness (QED) is 0.0452. The third-order valence-corrected chi connectivity index (χ3v) is 14.9. The molecule has 6 aromatic rings. The molecule has 438 valence electrons. The Morgan fingerprint density at radius 1 is 0.560 bits per heavy atom. The average Bonchev–Trinajstić information content (AvgIpc) is 4.06. The molecule has 4 aromatic carbocycles. The van der Waals surface area contributed by atoms with Crippen molar-refractivity contribution in [2.45, 2.75) is 88.4 Å². The Labute approximate surface area is 485 Å². The number of aliphatic hydroxyl groups excluding tert-OH is 2. The predicted molar refractivity (Wildman–Crippen MR) is 314 cm³/mol. The summed E-state index contributed by atoms with van der Waals surface area (Å²) < 4.78 is 39.0. The molecule has 0 fully saturated rings. The van der Waals surface area contributed by atoms with Gasteiger partial charge in [-0.15, -0.1) is 0 Å². The summed E-state index contributed by atoms with van der Waals surface area (Å²) in [6.45, 7) is 7.10. The number of likely N-dealkylation sites (N-methyl/N-ethyl adjacent to an activating group) is 2. The molecule has 0 unspecified atom stereocenters. The second-order valence-electron chi connectivity index (χ2n) is 22.0. The first kappa shape index (κ1) is 61.2. The molecule has 4 heterocycles. The van der Waals surface area contributed by atoms with Gasteiger partial charge >= 0.3 is 0 Å². The fourth-order valence-corrected chi connectivity index (χ4v) is 10.2. The molecule has 2 aliphatic heterocycles. The van der Waals surface area contributed by atoms with Gasteiger partial charge in [0.1, 0.15) is 60.5 Å². The third-order valence-electron chi connectivity index (χ3n) is 14.9. The van der Waals surface area contributed by atoms with Gasteiger partial charge in [-0.2, -0.15) is 0 Å². The summed E-state index contributed by atoms with van der Waals surface area (Å²) in [5.74, 6) is 9.37. The van der Waals surface area contributed by atoms with Gasteiger partial charge in [-0.05, 0) is 121 Å². The average molecular weight is 1150 g/mol. The standard InChI is InChI=1S/C64H68F2N8O10/c1-63(2)37-73(53-33-43(57(77)71-55(53)63)29-39-11-19-45(65)20-12-39)61(81)49(69-59(79)51(35-75)67-5)31-41-15-23-47(24-16-41)83-27-9-7-8-10-28-84-48-25-17-42(18-26-48)32-50(70-60(80)52(36-76)68-6)62(82)74-38-64(3,4)56-54(74)34-44(58(78)72-56)30-40-13-21-46(66)22-14-40/h11-26,33-34,49-52,67-68,75-76H,27-32,35-38H2,1-6H3,(H,69,79)(H,70,80)(H,71,77)(H,72,78)/t49-,50-,51+,52+/m0/s1. The molecule has 0 aliphatic carbocycles. The molecule has 0 spiro atoms. The van der Waals surface area contributed by atoms with E-state index in [1.807, 2.05) is 27.7 Å². The molecule has 0 bridgehead atoms. The lowest BCUT2D eigenvalue weighted by Gasteiger charge is -2.27. The van der Waals surface area contributed by atoms with E-state index >= 15 is 0 Å². The van der Waals surface area contributed by atoms with Crippen LogP contribution in [0.5, 0.6) is 11.5 Å². The van der Waals surface area contributed by atoms with E-state index in [0.29, 0.717) is 67.6 Å². The molecule has 8 N–H and O–H groups in total. The number of fused-ring (bicyclic) bond motifs is 2. The number of H-pyrrole nitrogens is 2. The third kappa shape index (κ3) is 14.8. The van der Waals surface area contributed by atoms with Crippen molar-refractivity contribution in [3.63, 3.8) is 0 Å². The Morgan fingerprint density at radius 3 is 1.24 bits per heavy atom. The van der Waals surface area contributed by atoms with E-state index in [0.717, 1.165) is 0 Å².